The average Bonchev–Trinajstić information content (AvgIpc) is 2.46. The third-order valence-corrected chi connectivity index (χ3v) is 4.18. The second-order valence-corrected chi connectivity index (χ2v) is 5.79. The molecule has 0 radical (unpaired) electrons. The predicted molar refractivity (Wildman–Crippen MR) is 79.7 cm³/mol. The molecule has 2 atom stereocenters. The van der Waals surface area contributed by atoms with Crippen molar-refractivity contribution in [1.82, 2.24) is 0 Å². The Bertz CT molecular complexity index is 411. The van der Waals surface area contributed by atoms with Gasteiger partial charge in [0.05, 0.1) is 32.2 Å². The predicted octanol–water partition coefficient (Wildman–Crippen LogP) is -1.38. The molecule has 1 aromatic rings. The maximum atomic E-state index is 11.7. The normalized spacial score (nSPS) is 21.4. The molecule has 21 heavy (non-hydrogen) atoms. The molecule has 1 aromatic carbocycles. The molecule has 0 aromatic heterocycles. The van der Waals surface area contributed by atoms with Gasteiger partial charge in [0.1, 0.15) is 0 Å². The number of likely N-dealkylation sites (tertiary alicyclic amines) is 1. The molecule has 1 fully saturated rings. The Morgan fingerprint density at radius 3 is 2.76 bits per heavy atom. The lowest BCUT2D eigenvalue weighted by atomic mass is 10.0. The number of rotatable bonds is 6. The van der Waals surface area contributed by atoms with Gasteiger partial charge in [0.15, 0.2) is 0 Å². The van der Waals surface area contributed by atoms with E-state index in [1.807, 2.05) is 30.3 Å². The summed E-state index contributed by atoms with van der Waals surface area (Å²) < 4.78 is 5.32. The average molecular weight is 312 g/mol. The van der Waals surface area contributed by atoms with Crippen molar-refractivity contribution in [2.75, 3.05) is 19.7 Å². The molecule has 0 aliphatic carbocycles. The quantitative estimate of drug-likeness (QED) is 0.519. The Labute approximate surface area is 134 Å². The Morgan fingerprint density at radius 2 is 2.05 bits per heavy atom. The van der Waals surface area contributed by atoms with Gasteiger partial charge in [-0.2, -0.15) is 0 Å². The minimum absolute atomic E-state index is 0. The molecule has 1 heterocycles. The van der Waals surface area contributed by atoms with Gasteiger partial charge in [0.2, 0.25) is 0 Å². The monoisotopic (exact) mass is 311 g/mol. The molecule has 0 spiro atoms. The van der Waals surface area contributed by atoms with Crippen LogP contribution in [0.1, 0.15) is 38.2 Å². The fraction of sp³-hybridized carbons (Fsp3) is 0.588. The maximum Gasteiger partial charge on any atom is 0.310 e. The van der Waals surface area contributed by atoms with Crippen molar-refractivity contribution in [2.45, 2.75) is 45.1 Å². The number of carbonyl (C=O) groups is 1. The maximum absolute atomic E-state index is 11.7. The first-order valence-corrected chi connectivity index (χ1v) is 7.80. The number of hydrogen-bond acceptors (Lipinski definition) is 2. The lowest BCUT2D eigenvalue weighted by molar-refractivity contribution is -0.928. The summed E-state index contributed by atoms with van der Waals surface area (Å²) in [7, 11) is 0. The molecular formula is C17H26ClNO2. The Balaban J connectivity index is 0.00000220. The lowest BCUT2D eigenvalue weighted by Gasteiger charge is -2.30. The van der Waals surface area contributed by atoms with Crippen molar-refractivity contribution in [3.05, 3.63) is 35.9 Å². The number of halogens is 1. The molecule has 2 unspecified atom stereocenters. The van der Waals surface area contributed by atoms with Gasteiger partial charge in [-0.1, -0.05) is 30.3 Å². The second kappa shape index (κ2) is 9.80. The van der Waals surface area contributed by atoms with Crippen molar-refractivity contribution >= 4 is 5.97 Å². The SMILES string of the molecule is CC1CCCC[NH+]1CCCOC(=O)Cc1ccccc1.[Cl-]. The summed E-state index contributed by atoms with van der Waals surface area (Å²) in [5.41, 5.74) is 1.02. The van der Waals surface area contributed by atoms with Crippen LogP contribution in [0.5, 0.6) is 0 Å². The highest BCUT2D eigenvalue weighted by molar-refractivity contribution is 5.72. The van der Waals surface area contributed by atoms with E-state index in [2.05, 4.69) is 6.92 Å². The Morgan fingerprint density at radius 1 is 1.29 bits per heavy atom. The summed E-state index contributed by atoms with van der Waals surface area (Å²) in [5.74, 6) is -0.113. The summed E-state index contributed by atoms with van der Waals surface area (Å²) in [6.07, 6.45) is 5.40. The van der Waals surface area contributed by atoms with Crippen molar-refractivity contribution in [2.24, 2.45) is 0 Å². The van der Waals surface area contributed by atoms with Gasteiger partial charge in [-0.15, -0.1) is 0 Å². The first-order chi connectivity index (χ1) is 9.75. The number of esters is 1. The lowest BCUT2D eigenvalue weighted by Crippen LogP contribution is -3.16. The van der Waals surface area contributed by atoms with Crippen LogP contribution in [0.3, 0.4) is 0 Å². The van der Waals surface area contributed by atoms with E-state index in [0.717, 1.165) is 24.6 Å². The number of ether oxygens (including phenoxy) is 1. The van der Waals surface area contributed by atoms with Crippen LogP contribution in [0.2, 0.25) is 0 Å². The highest BCUT2D eigenvalue weighted by Crippen LogP contribution is 2.02. The summed E-state index contributed by atoms with van der Waals surface area (Å²) >= 11 is 0. The number of piperidine rings is 1. The van der Waals surface area contributed by atoms with Crippen molar-refractivity contribution in [3.63, 3.8) is 0 Å². The van der Waals surface area contributed by atoms with Gasteiger partial charge in [-0.3, -0.25) is 4.79 Å². The van der Waals surface area contributed by atoms with Crippen molar-refractivity contribution in [3.8, 4) is 0 Å². The third kappa shape index (κ3) is 6.49. The Kier molecular flexibility index (Phi) is 8.40. The highest BCUT2D eigenvalue weighted by Gasteiger charge is 2.21. The molecule has 3 nitrogen and oxygen atoms in total. The topological polar surface area (TPSA) is 30.7 Å². The van der Waals surface area contributed by atoms with E-state index in [-0.39, 0.29) is 18.4 Å². The van der Waals surface area contributed by atoms with E-state index in [9.17, 15) is 4.79 Å². The van der Waals surface area contributed by atoms with E-state index in [0.29, 0.717) is 13.0 Å². The zero-order chi connectivity index (χ0) is 14.2. The number of hydrogen-bond donors (Lipinski definition) is 1. The van der Waals surface area contributed by atoms with E-state index in [4.69, 9.17) is 4.74 Å². The van der Waals surface area contributed by atoms with Crippen LogP contribution in [0.25, 0.3) is 0 Å². The van der Waals surface area contributed by atoms with Crippen molar-refractivity contribution < 1.29 is 26.8 Å². The third-order valence-electron chi connectivity index (χ3n) is 4.18. The zero-order valence-electron chi connectivity index (χ0n) is 12.8. The minimum Gasteiger partial charge on any atom is -1.00 e. The molecular weight excluding hydrogens is 286 g/mol. The van der Waals surface area contributed by atoms with E-state index < -0.39 is 0 Å². The molecule has 1 aliphatic heterocycles. The summed E-state index contributed by atoms with van der Waals surface area (Å²) in [6, 6.07) is 10.5. The van der Waals surface area contributed by atoms with Crippen LogP contribution in [-0.4, -0.2) is 31.7 Å². The molecule has 0 bridgehead atoms. The van der Waals surface area contributed by atoms with Crippen LogP contribution in [-0.2, 0) is 16.0 Å². The van der Waals surface area contributed by atoms with Gasteiger partial charge in [0, 0.05) is 6.42 Å². The van der Waals surface area contributed by atoms with Crippen LogP contribution < -0.4 is 17.3 Å². The second-order valence-electron chi connectivity index (χ2n) is 5.79. The molecule has 1 aliphatic rings. The van der Waals surface area contributed by atoms with E-state index in [1.54, 1.807) is 4.90 Å². The number of nitrogens with one attached hydrogen (secondary N) is 1. The van der Waals surface area contributed by atoms with Crippen LogP contribution >= 0.6 is 0 Å². The number of benzene rings is 1. The van der Waals surface area contributed by atoms with Crippen LogP contribution in [0.15, 0.2) is 30.3 Å². The van der Waals surface area contributed by atoms with Gasteiger partial charge >= 0.3 is 5.97 Å². The highest BCUT2D eigenvalue weighted by atomic mass is 35.5. The standard InChI is InChI=1S/C17H25NO2.ClH/c1-15-8-5-6-11-18(15)12-7-13-20-17(19)14-16-9-3-2-4-10-16;/h2-4,9-10,15H,5-8,11-14H2,1H3;1H. The number of carbonyl (C=O) groups excluding carboxylic acids is 1. The number of quaternary nitrogens is 1. The van der Waals surface area contributed by atoms with Gasteiger partial charge < -0.3 is 22.0 Å². The van der Waals surface area contributed by atoms with E-state index in [1.165, 1.54) is 25.8 Å². The molecule has 4 heteroatoms. The molecule has 1 saturated heterocycles. The molecule has 118 valence electrons. The van der Waals surface area contributed by atoms with Gasteiger partial charge in [-0.05, 0) is 31.7 Å². The fourth-order valence-corrected chi connectivity index (χ4v) is 2.92. The summed E-state index contributed by atoms with van der Waals surface area (Å²) in [5, 5.41) is 0. The molecule has 1 N–H and O–H groups in total. The largest absolute Gasteiger partial charge is 1.00 e. The van der Waals surface area contributed by atoms with Gasteiger partial charge in [0.25, 0.3) is 0 Å². The smallest absolute Gasteiger partial charge is 0.310 e. The summed E-state index contributed by atoms with van der Waals surface area (Å²) in [4.78, 5) is 13.4. The first-order valence-electron chi connectivity index (χ1n) is 7.80. The van der Waals surface area contributed by atoms with Crippen LogP contribution in [0, 0.1) is 0 Å². The molecule has 2 rings (SSSR count). The van der Waals surface area contributed by atoms with Crippen LogP contribution in [0.4, 0.5) is 0 Å². The molecule has 0 amide bonds. The zero-order valence-corrected chi connectivity index (χ0v) is 13.6. The Hall–Kier alpha value is -1.06. The molecule has 0 saturated carbocycles. The van der Waals surface area contributed by atoms with E-state index >= 15 is 0 Å². The minimum atomic E-state index is -0.113. The van der Waals surface area contributed by atoms with Crippen molar-refractivity contribution in [1.29, 1.82) is 0 Å². The van der Waals surface area contributed by atoms with Gasteiger partial charge in [-0.25, -0.2) is 0 Å². The fourth-order valence-electron chi connectivity index (χ4n) is 2.92. The first kappa shape index (κ1) is 18.0. The summed E-state index contributed by atoms with van der Waals surface area (Å²) in [6.45, 7) is 5.29.